The maximum absolute atomic E-state index is 12.3. The summed E-state index contributed by atoms with van der Waals surface area (Å²) in [5.74, 6) is -0.573. The first-order valence-electron chi connectivity index (χ1n) is 7.85. The number of amides is 1. The van der Waals surface area contributed by atoms with Gasteiger partial charge < -0.3 is 19.8 Å². The van der Waals surface area contributed by atoms with Gasteiger partial charge in [-0.2, -0.15) is 0 Å². The molecule has 2 aromatic rings. The molecule has 9 heteroatoms. The van der Waals surface area contributed by atoms with Crippen LogP contribution in [0.25, 0.3) is 0 Å². The Kier molecular flexibility index (Phi) is 5.36. The van der Waals surface area contributed by atoms with Gasteiger partial charge in [-0.1, -0.05) is 6.07 Å². The van der Waals surface area contributed by atoms with Crippen molar-refractivity contribution in [1.29, 1.82) is 0 Å². The summed E-state index contributed by atoms with van der Waals surface area (Å²) in [4.78, 5) is 43.5. The molecular formula is C16H18N4O5. The Morgan fingerprint density at radius 1 is 1.40 bits per heavy atom. The molecule has 0 saturated carbocycles. The Morgan fingerprint density at radius 2 is 2.28 bits per heavy atom. The van der Waals surface area contributed by atoms with E-state index in [0.717, 1.165) is 11.9 Å². The number of nitrogens with zero attached hydrogens (tertiary/aromatic N) is 1. The predicted molar refractivity (Wildman–Crippen MR) is 87.2 cm³/mol. The van der Waals surface area contributed by atoms with Gasteiger partial charge in [0.1, 0.15) is 11.7 Å². The number of rotatable bonds is 5. The van der Waals surface area contributed by atoms with E-state index in [2.05, 4.69) is 15.3 Å². The number of aromatic amines is 2. The zero-order valence-electron chi connectivity index (χ0n) is 13.4. The number of pyridine rings is 1. The van der Waals surface area contributed by atoms with Crippen molar-refractivity contribution in [2.24, 2.45) is 0 Å². The van der Waals surface area contributed by atoms with Crippen molar-refractivity contribution in [1.82, 2.24) is 20.3 Å². The van der Waals surface area contributed by atoms with Crippen LogP contribution in [0.1, 0.15) is 22.5 Å². The highest BCUT2D eigenvalue weighted by atomic mass is 16.5. The lowest BCUT2D eigenvalue weighted by Crippen LogP contribution is -2.50. The first kappa shape index (κ1) is 17.1. The molecule has 0 radical (unpaired) electrons. The SMILES string of the molecule is O=C(N[C@@H]1CCOC[C@H]1OCc1ccccn1)c1c[nH]c(=O)[nH]c1=O. The average molecular weight is 346 g/mol. The molecule has 2 atom stereocenters. The second-order valence-electron chi connectivity index (χ2n) is 5.60. The van der Waals surface area contributed by atoms with Crippen molar-refractivity contribution in [3.63, 3.8) is 0 Å². The highest BCUT2D eigenvalue weighted by Crippen LogP contribution is 2.13. The van der Waals surface area contributed by atoms with Crippen LogP contribution in [0.4, 0.5) is 0 Å². The lowest BCUT2D eigenvalue weighted by Gasteiger charge is -2.31. The van der Waals surface area contributed by atoms with Crippen LogP contribution in [-0.4, -0.2) is 46.2 Å². The summed E-state index contributed by atoms with van der Waals surface area (Å²) in [5.41, 5.74) is -0.784. The molecule has 0 bridgehead atoms. The van der Waals surface area contributed by atoms with Crippen molar-refractivity contribution >= 4 is 5.91 Å². The molecule has 1 amide bonds. The second-order valence-corrected chi connectivity index (χ2v) is 5.60. The third kappa shape index (κ3) is 4.40. The van der Waals surface area contributed by atoms with Crippen molar-refractivity contribution in [3.05, 3.63) is 62.7 Å². The summed E-state index contributed by atoms with van der Waals surface area (Å²) in [6.07, 6.45) is 2.97. The number of carbonyl (C=O) groups is 1. The van der Waals surface area contributed by atoms with Gasteiger partial charge in [-0.25, -0.2) is 4.79 Å². The third-order valence-electron chi connectivity index (χ3n) is 3.86. The maximum atomic E-state index is 12.3. The molecule has 1 aliphatic heterocycles. The number of H-pyrrole nitrogens is 2. The molecule has 1 fully saturated rings. The smallest absolute Gasteiger partial charge is 0.325 e. The summed E-state index contributed by atoms with van der Waals surface area (Å²) in [6.45, 7) is 1.11. The van der Waals surface area contributed by atoms with E-state index in [1.54, 1.807) is 6.20 Å². The van der Waals surface area contributed by atoms with Crippen LogP contribution < -0.4 is 16.6 Å². The van der Waals surface area contributed by atoms with Gasteiger partial charge in [-0.05, 0) is 18.6 Å². The minimum atomic E-state index is -0.737. The van der Waals surface area contributed by atoms with Crippen LogP contribution in [0.3, 0.4) is 0 Å². The van der Waals surface area contributed by atoms with Crippen molar-refractivity contribution in [2.75, 3.05) is 13.2 Å². The Morgan fingerprint density at radius 3 is 3.04 bits per heavy atom. The zero-order valence-corrected chi connectivity index (χ0v) is 13.4. The summed E-state index contributed by atoms with van der Waals surface area (Å²) in [7, 11) is 0. The molecule has 1 saturated heterocycles. The first-order chi connectivity index (χ1) is 12.1. The summed E-state index contributed by atoms with van der Waals surface area (Å²) in [5, 5.41) is 2.78. The van der Waals surface area contributed by atoms with E-state index in [1.807, 2.05) is 23.2 Å². The second kappa shape index (κ2) is 7.86. The topological polar surface area (TPSA) is 126 Å². The fourth-order valence-electron chi connectivity index (χ4n) is 2.54. The zero-order chi connectivity index (χ0) is 17.6. The quantitative estimate of drug-likeness (QED) is 0.674. The third-order valence-corrected chi connectivity index (χ3v) is 3.86. The number of carbonyl (C=O) groups excluding carboxylic acids is 1. The van der Waals surface area contributed by atoms with Crippen molar-refractivity contribution in [3.8, 4) is 0 Å². The van der Waals surface area contributed by atoms with Crippen molar-refractivity contribution < 1.29 is 14.3 Å². The van der Waals surface area contributed by atoms with E-state index in [9.17, 15) is 14.4 Å². The molecule has 3 rings (SSSR count). The summed E-state index contributed by atoms with van der Waals surface area (Å²) in [6, 6.07) is 5.22. The van der Waals surface area contributed by atoms with E-state index in [4.69, 9.17) is 9.47 Å². The molecule has 3 heterocycles. The normalized spacial score (nSPS) is 20.2. The Balaban J connectivity index is 1.65. The van der Waals surface area contributed by atoms with Gasteiger partial charge in [-0.3, -0.25) is 19.6 Å². The molecule has 2 aromatic heterocycles. The molecular weight excluding hydrogens is 328 g/mol. The van der Waals surface area contributed by atoms with E-state index in [1.165, 1.54) is 0 Å². The van der Waals surface area contributed by atoms with E-state index >= 15 is 0 Å². The number of ether oxygens (including phenoxy) is 2. The number of nitrogens with one attached hydrogen (secondary N) is 3. The largest absolute Gasteiger partial charge is 0.379 e. The van der Waals surface area contributed by atoms with Gasteiger partial charge in [0.2, 0.25) is 0 Å². The van der Waals surface area contributed by atoms with E-state index in [0.29, 0.717) is 26.2 Å². The Hall–Kier alpha value is -2.78. The first-order valence-corrected chi connectivity index (χ1v) is 7.85. The fourth-order valence-corrected chi connectivity index (χ4v) is 2.54. The highest BCUT2D eigenvalue weighted by Gasteiger charge is 2.29. The molecule has 0 spiro atoms. The lowest BCUT2D eigenvalue weighted by molar-refractivity contribution is -0.0743. The van der Waals surface area contributed by atoms with E-state index in [-0.39, 0.29) is 17.7 Å². The van der Waals surface area contributed by atoms with Crippen LogP contribution in [0.2, 0.25) is 0 Å². The van der Waals surface area contributed by atoms with E-state index < -0.39 is 17.2 Å². The number of hydrogen-bond acceptors (Lipinski definition) is 6. The van der Waals surface area contributed by atoms with Gasteiger partial charge >= 0.3 is 5.69 Å². The van der Waals surface area contributed by atoms with Crippen LogP contribution in [0.15, 0.2) is 40.2 Å². The summed E-state index contributed by atoms with van der Waals surface area (Å²) < 4.78 is 11.2. The minimum absolute atomic E-state index is 0.158. The molecule has 0 unspecified atom stereocenters. The number of hydrogen-bond donors (Lipinski definition) is 3. The van der Waals surface area contributed by atoms with Gasteiger partial charge in [0.25, 0.3) is 11.5 Å². The van der Waals surface area contributed by atoms with Crippen LogP contribution in [-0.2, 0) is 16.1 Å². The van der Waals surface area contributed by atoms with Crippen molar-refractivity contribution in [2.45, 2.75) is 25.2 Å². The predicted octanol–water partition coefficient (Wildman–Crippen LogP) is -0.438. The van der Waals surface area contributed by atoms with Gasteiger partial charge in [0, 0.05) is 19.0 Å². The number of aromatic nitrogens is 3. The van der Waals surface area contributed by atoms with Gasteiger partial charge in [0.05, 0.1) is 24.9 Å². The maximum Gasteiger partial charge on any atom is 0.325 e. The molecule has 0 aliphatic carbocycles. The molecule has 0 aromatic carbocycles. The summed E-state index contributed by atoms with van der Waals surface area (Å²) >= 11 is 0. The standard InChI is InChI=1S/C16H18N4O5/c21-14(11-7-18-16(23)20-15(11)22)19-12-4-6-24-9-13(12)25-8-10-3-1-2-5-17-10/h1-3,5,7,12-13H,4,6,8-9H2,(H,19,21)(H2,18,20,22,23)/t12-,13-/m1/s1. The molecule has 25 heavy (non-hydrogen) atoms. The minimum Gasteiger partial charge on any atom is -0.379 e. The highest BCUT2D eigenvalue weighted by molar-refractivity contribution is 5.93. The molecule has 132 valence electrons. The molecule has 3 N–H and O–H groups in total. The van der Waals surface area contributed by atoms with Crippen LogP contribution in [0.5, 0.6) is 0 Å². The fraction of sp³-hybridized carbons (Fsp3) is 0.375. The van der Waals surface area contributed by atoms with Crippen LogP contribution >= 0.6 is 0 Å². The monoisotopic (exact) mass is 346 g/mol. The molecule has 1 aliphatic rings. The molecule has 9 nitrogen and oxygen atoms in total. The average Bonchev–Trinajstić information content (AvgIpc) is 2.61. The lowest BCUT2D eigenvalue weighted by atomic mass is 10.1. The van der Waals surface area contributed by atoms with Gasteiger partial charge in [-0.15, -0.1) is 0 Å². The Labute approximate surface area is 142 Å². The van der Waals surface area contributed by atoms with Gasteiger partial charge in [0.15, 0.2) is 0 Å². The Bertz CT molecular complexity index is 832. The van der Waals surface area contributed by atoms with Crippen LogP contribution in [0, 0.1) is 0 Å².